The summed E-state index contributed by atoms with van der Waals surface area (Å²) >= 11 is 24.1. The van der Waals surface area contributed by atoms with Crippen LogP contribution >= 0.6 is 46.4 Å². The van der Waals surface area contributed by atoms with E-state index in [-0.39, 0.29) is 10.8 Å². The van der Waals surface area contributed by atoms with E-state index < -0.39 is 17.7 Å². The number of esters is 1. The van der Waals surface area contributed by atoms with E-state index in [1.165, 1.54) is 6.07 Å². The molecular weight excluding hydrogens is 466 g/mol. The number of benzene rings is 3. The maximum atomic E-state index is 12.9. The lowest BCUT2D eigenvalue weighted by Crippen LogP contribution is -2.12. The fourth-order valence-electron chi connectivity index (χ4n) is 3.24. The third kappa shape index (κ3) is 3.99. The molecule has 0 radical (unpaired) electrons. The molecule has 0 N–H and O–H groups in total. The molecule has 0 saturated carbocycles. The van der Waals surface area contributed by atoms with Crippen molar-refractivity contribution in [1.29, 1.82) is 0 Å². The molecule has 30 heavy (non-hydrogen) atoms. The Bertz CT molecular complexity index is 1220. The van der Waals surface area contributed by atoms with Gasteiger partial charge in [0.15, 0.2) is 5.76 Å². The van der Waals surface area contributed by atoms with Crippen LogP contribution in [0.3, 0.4) is 0 Å². The molecule has 3 aromatic rings. The monoisotopic (exact) mass is 476 g/mol. The van der Waals surface area contributed by atoms with Gasteiger partial charge < -0.3 is 4.74 Å². The first-order valence-corrected chi connectivity index (χ1v) is 10.3. The summed E-state index contributed by atoms with van der Waals surface area (Å²) in [4.78, 5) is 25.4. The Balaban J connectivity index is 1.72. The predicted octanol–water partition coefficient (Wildman–Crippen LogP) is 7.22. The third-order valence-electron chi connectivity index (χ3n) is 4.71. The Morgan fingerprint density at radius 1 is 0.767 bits per heavy atom. The highest BCUT2D eigenvalue weighted by molar-refractivity contribution is 6.42. The molecule has 1 aliphatic heterocycles. The maximum Gasteiger partial charge on any atom is 0.327 e. The van der Waals surface area contributed by atoms with Crippen molar-refractivity contribution in [2.75, 3.05) is 0 Å². The molecule has 1 heterocycles. The van der Waals surface area contributed by atoms with Gasteiger partial charge in [-0.2, -0.15) is 0 Å². The Morgan fingerprint density at radius 2 is 1.43 bits per heavy atom. The summed E-state index contributed by atoms with van der Waals surface area (Å²) in [7, 11) is 0. The first kappa shape index (κ1) is 21.0. The highest BCUT2D eigenvalue weighted by Crippen LogP contribution is 2.36. The molecule has 1 saturated heterocycles. The summed E-state index contributed by atoms with van der Waals surface area (Å²) in [5.74, 6) is -2.22. The highest BCUT2D eigenvalue weighted by atomic mass is 35.5. The number of ketones is 1. The summed E-state index contributed by atoms with van der Waals surface area (Å²) in [6.45, 7) is 0. The normalized spacial score (nSPS) is 17.5. The number of carbonyl (C=O) groups excluding carboxylic acids is 2. The molecule has 0 aliphatic carbocycles. The van der Waals surface area contributed by atoms with E-state index in [0.717, 1.165) is 11.1 Å². The molecule has 1 aliphatic rings. The molecule has 150 valence electrons. The molecule has 7 heteroatoms. The average molecular weight is 478 g/mol. The number of halogens is 4. The first-order chi connectivity index (χ1) is 14.3. The van der Waals surface area contributed by atoms with Crippen molar-refractivity contribution in [3.05, 3.63) is 97.6 Å². The lowest BCUT2D eigenvalue weighted by molar-refractivity contribution is -0.136. The number of Topliss-reactive ketones (excluding diaryl/α,β-unsaturated/α-hetero) is 1. The van der Waals surface area contributed by atoms with E-state index >= 15 is 0 Å². The first-order valence-electron chi connectivity index (χ1n) is 8.82. The van der Waals surface area contributed by atoms with Gasteiger partial charge in [-0.25, -0.2) is 0 Å². The number of rotatable bonds is 3. The smallest absolute Gasteiger partial charge is 0.327 e. The zero-order valence-electron chi connectivity index (χ0n) is 15.2. The summed E-state index contributed by atoms with van der Waals surface area (Å²) in [5.41, 5.74) is 2.75. The van der Waals surface area contributed by atoms with E-state index in [1.54, 1.807) is 30.3 Å². The third-order valence-corrected chi connectivity index (χ3v) is 6.18. The zero-order chi connectivity index (χ0) is 21.4. The van der Waals surface area contributed by atoms with Crippen LogP contribution in [0.15, 0.2) is 66.4 Å². The average Bonchev–Trinajstić information content (AvgIpc) is 3.00. The van der Waals surface area contributed by atoms with Crippen molar-refractivity contribution >= 4 is 64.2 Å². The number of hydrogen-bond acceptors (Lipinski definition) is 3. The van der Waals surface area contributed by atoms with Gasteiger partial charge in [0.05, 0.1) is 20.1 Å². The second-order valence-electron chi connectivity index (χ2n) is 6.62. The number of hydrogen-bond donors (Lipinski definition) is 0. The van der Waals surface area contributed by atoms with Gasteiger partial charge in [0.25, 0.3) is 0 Å². The van der Waals surface area contributed by atoms with Crippen molar-refractivity contribution in [2.24, 2.45) is 0 Å². The molecule has 1 unspecified atom stereocenters. The molecule has 3 aromatic carbocycles. The summed E-state index contributed by atoms with van der Waals surface area (Å²) in [5, 5.41) is 1.46. The summed E-state index contributed by atoms with van der Waals surface area (Å²) < 4.78 is 5.30. The predicted molar refractivity (Wildman–Crippen MR) is 120 cm³/mol. The zero-order valence-corrected chi connectivity index (χ0v) is 18.2. The van der Waals surface area contributed by atoms with Crippen molar-refractivity contribution < 1.29 is 14.3 Å². The van der Waals surface area contributed by atoms with Gasteiger partial charge in [0.2, 0.25) is 5.78 Å². The maximum absolute atomic E-state index is 12.9. The van der Waals surface area contributed by atoms with E-state index in [9.17, 15) is 9.59 Å². The molecule has 0 spiro atoms. The largest absolute Gasteiger partial charge is 0.422 e. The van der Waals surface area contributed by atoms with E-state index in [0.29, 0.717) is 26.2 Å². The number of carbonyl (C=O) groups is 2. The Kier molecular flexibility index (Phi) is 5.90. The summed E-state index contributed by atoms with van der Waals surface area (Å²) in [6.07, 6.45) is 1.55. The fourth-order valence-corrected chi connectivity index (χ4v) is 3.84. The van der Waals surface area contributed by atoms with Crippen molar-refractivity contribution in [3.8, 4) is 11.1 Å². The van der Waals surface area contributed by atoms with E-state index in [1.807, 2.05) is 30.3 Å². The number of ether oxygens (including phenoxy) is 1. The Labute approximate surface area is 192 Å². The second kappa shape index (κ2) is 8.44. The van der Waals surface area contributed by atoms with Crippen LogP contribution in [0, 0.1) is 0 Å². The lowest BCUT2D eigenvalue weighted by Gasteiger charge is -2.08. The van der Waals surface area contributed by atoms with Gasteiger partial charge in [-0.15, -0.1) is 0 Å². The number of allylic oxidation sites excluding steroid dienone is 1. The van der Waals surface area contributed by atoms with Crippen LogP contribution < -0.4 is 0 Å². The van der Waals surface area contributed by atoms with Gasteiger partial charge >= 0.3 is 5.97 Å². The van der Waals surface area contributed by atoms with E-state index in [4.69, 9.17) is 51.1 Å². The Morgan fingerprint density at radius 3 is 2.13 bits per heavy atom. The van der Waals surface area contributed by atoms with Crippen LogP contribution in [-0.4, -0.2) is 11.8 Å². The Hall–Kier alpha value is -2.30. The molecule has 1 atom stereocenters. The molecule has 4 rings (SSSR count). The van der Waals surface area contributed by atoms with Crippen LogP contribution in [0.5, 0.6) is 0 Å². The minimum atomic E-state index is -1.08. The molecular formula is C23H12Cl4O3. The molecule has 0 aromatic heterocycles. The SMILES string of the molecule is O=C1O/C(=C\c2ccccc2-c2ccc(Cl)c(Cl)c2)C(=O)C1c1ccc(Cl)c(Cl)c1. The van der Waals surface area contributed by atoms with Crippen molar-refractivity contribution in [3.63, 3.8) is 0 Å². The molecule has 1 fully saturated rings. The molecule has 0 amide bonds. The van der Waals surface area contributed by atoms with Gasteiger partial charge in [-0.05, 0) is 52.6 Å². The standard InChI is InChI=1S/C23H12Cl4O3/c24-16-7-5-13(9-18(16)26)15-4-2-1-3-12(15)11-20-22(28)21(23(29)30-20)14-6-8-17(25)19(27)10-14/h1-11,21H/b20-11-. The quantitative estimate of drug-likeness (QED) is 0.227. The minimum Gasteiger partial charge on any atom is -0.422 e. The van der Waals surface area contributed by atoms with Gasteiger partial charge in [0, 0.05) is 0 Å². The number of cyclic esters (lactones) is 1. The van der Waals surface area contributed by atoms with Crippen LogP contribution in [0.1, 0.15) is 17.0 Å². The van der Waals surface area contributed by atoms with Crippen molar-refractivity contribution in [2.45, 2.75) is 5.92 Å². The van der Waals surface area contributed by atoms with Crippen LogP contribution in [0.2, 0.25) is 20.1 Å². The summed E-state index contributed by atoms with van der Waals surface area (Å²) in [6, 6.07) is 17.3. The topological polar surface area (TPSA) is 43.4 Å². The van der Waals surface area contributed by atoms with Crippen molar-refractivity contribution in [1.82, 2.24) is 0 Å². The highest BCUT2D eigenvalue weighted by Gasteiger charge is 2.41. The lowest BCUT2D eigenvalue weighted by atomic mass is 9.94. The van der Waals surface area contributed by atoms with E-state index in [2.05, 4.69) is 0 Å². The molecule has 3 nitrogen and oxygen atoms in total. The minimum absolute atomic E-state index is 0.0383. The fraction of sp³-hybridized carbons (Fsp3) is 0.0435. The van der Waals surface area contributed by atoms with Gasteiger partial charge in [0.1, 0.15) is 5.92 Å². The van der Waals surface area contributed by atoms with Crippen LogP contribution in [0.4, 0.5) is 0 Å². The van der Waals surface area contributed by atoms with Gasteiger partial charge in [-0.1, -0.05) is 82.8 Å². The van der Waals surface area contributed by atoms with Crippen LogP contribution in [0.25, 0.3) is 17.2 Å². The molecule has 0 bridgehead atoms. The second-order valence-corrected chi connectivity index (χ2v) is 8.25. The van der Waals surface area contributed by atoms with Gasteiger partial charge in [-0.3, -0.25) is 9.59 Å². The van der Waals surface area contributed by atoms with Crippen LogP contribution in [-0.2, 0) is 14.3 Å².